The van der Waals surface area contributed by atoms with Gasteiger partial charge in [0.1, 0.15) is 0 Å². The highest BCUT2D eigenvalue weighted by atomic mass is 35.5. The molecule has 0 radical (unpaired) electrons. The van der Waals surface area contributed by atoms with Crippen LogP contribution in [0.4, 0.5) is 0 Å². The molecule has 0 aliphatic heterocycles. The Morgan fingerprint density at radius 1 is 1.14 bits per heavy atom. The molecule has 1 aliphatic carbocycles. The van der Waals surface area contributed by atoms with Crippen molar-refractivity contribution in [1.29, 1.82) is 0 Å². The van der Waals surface area contributed by atoms with E-state index in [9.17, 15) is 0 Å². The Morgan fingerprint density at radius 3 is 2.67 bits per heavy atom. The molecule has 0 heterocycles. The zero-order valence-corrected chi connectivity index (χ0v) is 13.2. The Morgan fingerprint density at radius 2 is 1.95 bits per heavy atom. The van der Waals surface area contributed by atoms with Gasteiger partial charge in [0.15, 0.2) is 0 Å². The van der Waals surface area contributed by atoms with Crippen molar-refractivity contribution < 1.29 is 0 Å². The second-order valence-electron chi connectivity index (χ2n) is 5.89. The lowest BCUT2D eigenvalue weighted by Gasteiger charge is -2.18. The van der Waals surface area contributed by atoms with E-state index in [1.165, 1.54) is 17.5 Å². The molecule has 0 aromatic heterocycles. The summed E-state index contributed by atoms with van der Waals surface area (Å²) in [5.41, 5.74) is 2.85. The summed E-state index contributed by atoms with van der Waals surface area (Å²) >= 11 is 6.18. The highest BCUT2D eigenvalue weighted by molar-refractivity contribution is 6.30. The third kappa shape index (κ3) is 3.48. The van der Waals surface area contributed by atoms with Gasteiger partial charge in [-0.15, -0.1) is 0 Å². The molecule has 2 aromatic carbocycles. The normalized spacial score (nSPS) is 22.0. The molecule has 2 heteroatoms. The fourth-order valence-corrected chi connectivity index (χ4v) is 3.50. The van der Waals surface area contributed by atoms with E-state index in [0.717, 1.165) is 24.0 Å². The SMILES string of the molecule is CCNCC(c1cccc(Cl)c1)C1CC1c1ccccc1. The smallest absolute Gasteiger partial charge is 0.0408 e. The van der Waals surface area contributed by atoms with Gasteiger partial charge in [-0.05, 0) is 54.0 Å². The number of hydrogen-bond acceptors (Lipinski definition) is 1. The van der Waals surface area contributed by atoms with Crippen molar-refractivity contribution in [1.82, 2.24) is 5.32 Å². The molecule has 2 aromatic rings. The van der Waals surface area contributed by atoms with Crippen LogP contribution in [0.2, 0.25) is 5.02 Å². The van der Waals surface area contributed by atoms with Crippen LogP contribution < -0.4 is 5.32 Å². The van der Waals surface area contributed by atoms with Crippen molar-refractivity contribution in [3.05, 3.63) is 70.7 Å². The Balaban J connectivity index is 1.78. The molecule has 110 valence electrons. The highest BCUT2D eigenvalue weighted by Crippen LogP contribution is 2.54. The number of benzene rings is 2. The van der Waals surface area contributed by atoms with Crippen LogP contribution in [0.15, 0.2) is 54.6 Å². The lowest BCUT2D eigenvalue weighted by molar-refractivity contribution is 0.536. The predicted octanol–water partition coefficient (Wildman–Crippen LogP) is 4.84. The molecule has 0 bridgehead atoms. The van der Waals surface area contributed by atoms with Gasteiger partial charge >= 0.3 is 0 Å². The number of likely N-dealkylation sites (N-methyl/N-ethyl adjacent to an activating group) is 1. The van der Waals surface area contributed by atoms with E-state index in [1.807, 2.05) is 6.07 Å². The predicted molar refractivity (Wildman–Crippen MR) is 90.0 cm³/mol. The van der Waals surface area contributed by atoms with E-state index in [-0.39, 0.29) is 0 Å². The second-order valence-corrected chi connectivity index (χ2v) is 6.32. The van der Waals surface area contributed by atoms with Crippen LogP contribution in [0.5, 0.6) is 0 Å². The van der Waals surface area contributed by atoms with Crippen LogP contribution in [0.3, 0.4) is 0 Å². The minimum atomic E-state index is 0.550. The van der Waals surface area contributed by atoms with E-state index < -0.39 is 0 Å². The van der Waals surface area contributed by atoms with Crippen molar-refractivity contribution in [3.8, 4) is 0 Å². The lowest BCUT2D eigenvalue weighted by atomic mass is 9.91. The van der Waals surface area contributed by atoms with E-state index in [4.69, 9.17) is 11.6 Å². The van der Waals surface area contributed by atoms with Gasteiger partial charge in [-0.25, -0.2) is 0 Å². The van der Waals surface area contributed by atoms with Crippen LogP contribution in [0, 0.1) is 5.92 Å². The van der Waals surface area contributed by atoms with Gasteiger partial charge in [0.2, 0.25) is 0 Å². The van der Waals surface area contributed by atoms with Crippen molar-refractivity contribution >= 4 is 11.6 Å². The monoisotopic (exact) mass is 299 g/mol. The third-order valence-corrected chi connectivity index (χ3v) is 4.71. The lowest BCUT2D eigenvalue weighted by Crippen LogP contribution is -2.22. The van der Waals surface area contributed by atoms with Crippen LogP contribution in [0.1, 0.15) is 36.3 Å². The summed E-state index contributed by atoms with van der Waals surface area (Å²) in [6, 6.07) is 19.3. The quantitative estimate of drug-likeness (QED) is 0.805. The maximum atomic E-state index is 6.18. The Labute approximate surface area is 132 Å². The van der Waals surface area contributed by atoms with E-state index in [0.29, 0.717) is 11.8 Å². The Bertz CT molecular complexity index is 581. The number of halogens is 1. The molecule has 0 amide bonds. The zero-order chi connectivity index (χ0) is 14.7. The van der Waals surface area contributed by atoms with Crippen LogP contribution in [-0.4, -0.2) is 13.1 Å². The van der Waals surface area contributed by atoms with Gasteiger partial charge in [-0.3, -0.25) is 0 Å². The minimum Gasteiger partial charge on any atom is -0.316 e. The fraction of sp³-hybridized carbons (Fsp3) is 0.368. The van der Waals surface area contributed by atoms with E-state index >= 15 is 0 Å². The van der Waals surface area contributed by atoms with Crippen molar-refractivity contribution in [2.45, 2.75) is 25.2 Å². The highest BCUT2D eigenvalue weighted by Gasteiger charge is 2.43. The minimum absolute atomic E-state index is 0.550. The summed E-state index contributed by atoms with van der Waals surface area (Å²) in [6.45, 7) is 4.21. The standard InChI is InChI=1S/C19H22ClN/c1-2-21-13-19(15-9-6-10-16(20)11-15)18-12-17(18)14-7-4-3-5-8-14/h3-11,17-19,21H,2,12-13H2,1H3. The summed E-state index contributed by atoms with van der Waals surface area (Å²) in [4.78, 5) is 0. The second kappa shape index (κ2) is 6.64. The molecule has 3 rings (SSSR count). The summed E-state index contributed by atoms with van der Waals surface area (Å²) in [5.74, 6) is 1.98. The molecule has 21 heavy (non-hydrogen) atoms. The van der Waals surface area contributed by atoms with Crippen LogP contribution in [-0.2, 0) is 0 Å². The number of hydrogen-bond donors (Lipinski definition) is 1. The molecule has 0 spiro atoms. The first kappa shape index (κ1) is 14.6. The van der Waals surface area contributed by atoms with Crippen LogP contribution >= 0.6 is 11.6 Å². The molecule has 3 unspecified atom stereocenters. The summed E-state index contributed by atoms with van der Waals surface area (Å²) in [5, 5.41) is 4.36. The first-order valence-corrected chi connectivity index (χ1v) is 8.18. The Hall–Kier alpha value is -1.31. The van der Waals surface area contributed by atoms with Crippen molar-refractivity contribution in [2.75, 3.05) is 13.1 Å². The molecule has 1 saturated carbocycles. The zero-order valence-electron chi connectivity index (χ0n) is 12.4. The maximum Gasteiger partial charge on any atom is 0.0408 e. The fourth-order valence-electron chi connectivity index (χ4n) is 3.30. The van der Waals surface area contributed by atoms with Crippen molar-refractivity contribution in [2.24, 2.45) is 5.92 Å². The van der Waals surface area contributed by atoms with Crippen LogP contribution in [0.25, 0.3) is 0 Å². The molecular formula is C19H22ClN. The largest absolute Gasteiger partial charge is 0.316 e. The van der Waals surface area contributed by atoms with E-state index in [1.54, 1.807) is 0 Å². The number of nitrogens with one attached hydrogen (secondary N) is 1. The molecule has 1 N–H and O–H groups in total. The summed E-state index contributed by atoms with van der Waals surface area (Å²) in [6.07, 6.45) is 1.28. The Kier molecular flexibility index (Phi) is 4.62. The average Bonchev–Trinajstić information content (AvgIpc) is 3.29. The van der Waals surface area contributed by atoms with Gasteiger partial charge in [-0.2, -0.15) is 0 Å². The maximum absolute atomic E-state index is 6.18. The topological polar surface area (TPSA) is 12.0 Å². The average molecular weight is 300 g/mol. The first-order valence-electron chi connectivity index (χ1n) is 7.80. The molecule has 1 fully saturated rings. The van der Waals surface area contributed by atoms with Gasteiger partial charge in [0, 0.05) is 11.6 Å². The van der Waals surface area contributed by atoms with Gasteiger partial charge in [0.25, 0.3) is 0 Å². The molecule has 0 saturated heterocycles. The van der Waals surface area contributed by atoms with Gasteiger partial charge in [-0.1, -0.05) is 61.0 Å². The van der Waals surface area contributed by atoms with Gasteiger partial charge in [0.05, 0.1) is 0 Å². The first-order chi connectivity index (χ1) is 10.3. The third-order valence-electron chi connectivity index (χ3n) is 4.48. The van der Waals surface area contributed by atoms with Gasteiger partial charge < -0.3 is 5.32 Å². The van der Waals surface area contributed by atoms with E-state index in [2.05, 4.69) is 60.8 Å². The molecular weight excluding hydrogens is 278 g/mol. The summed E-state index contributed by atoms with van der Waals surface area (Å²) < 4.78 is 0. The molecule has 1 aliphatic rings. The molecule has 1 nitrogen and oxygen atoms in total. The summed E-state index contributed by atoms with van der Waals surface area (Å²) in [7, 11) is 0. The number of rotatable bonds is 6. The molecule has 3 atom stereocenters. The van der Waals surface area contributed by atoms with Crippen molar-refractivity contribution in [3.63, 3.8) is 0 Å².